The number of nitrogens with one attached hydrogen (secondary N) is 2. The predicted molar refractivity (Wildman–Crippen MR) is 120 cm³/mol. The molecule has 164 valence electrons. The molecule has 0 bridgehead atoms. The van der Waals surface area contributed by atoms with E-state index in [2.05, 4.69) is 15.5 Å². The van der Waals surface area contributed by atoms with Crippen molar-refractivity contribution in [3.8, 4) is 0 Å². The van der Waals surface area contributed by atoms with Crippen LogP contribution in [0.3, 0.4) is 0 Å². The zero-order chi connectivity index (χ0) is 21.6. The maximum Gasteiger partial charge on any atom is 0.321 e. The molecule has 31 heavy (non-hydrogen) atoms. The molecule has 2 saturated heterocycles. The Morgan fingerprint density at radius 3 is 2.52 bits per heavy atom. The van der Waals surface area contributed by atoms with Gasteiger partial charge in [0, 0.05) is 24.8 Å². The SMILES string of the molecule is O=C(Cc1ccccc1)Nc1cc(NC(=O)N2CCCC(N3CCCC3)C2)ccc1F. The third-order valence-corrected chi connectivity index (χ3v) is 6.04. The van der Waals surface area contributed by atoms with E-state index < -0.39 is 5.82 Å². The number of halogens is 1. The summed E-state index contributed by atoms with van der Waals surface area (Å²) in [6.45, 7) is 3.67. The van der Waals surface area contributed by atoms with Crippen LogP contribution < -0.4 is 10.6 Å². The molecule has 2 fully saturated rings. The van der Waals surface area contributed by atoms with E-state index in [4.69, 9.17) is 0 Å². The molecule has 4 rings (SSSR count). The lowest BCUT2D eigenvalue weighted by atomic mass is 10.0. The molecule has 0 spiro atoms. The number of urea groups is 1. The van der Waals surface area contributed by atoms with Crippen LogP contribution in [0.5, 0.6) is 0 Å². The second kappa shape index (κ2) is 9.92. The fourth-order valence-corrected chi connectivity index (χ4v) is 4.42. The number of benzene rings is 2. The lowest BCUT2D eigenvalue weighted by molar-refractivity contribution is -0.115. The zero-order valence-electron chi connectivity index (χ0n) is 17.6. The Labute approximate surface area is 182 Å². The van der Waals surface area contributed by atoms with Crippen LogP contribution in [0, 0.1) is 5.82 Å². The van der Waals surface area contributed by atoms with Crippen LogP contribution in [-0.4, -0.2) is 54.0 Å². The number of carbonyl (C=O) groups excluding carboxylic acids is 2. The molecule has 0 saturated carbocycles. The molecule has 2 aliphatic rings. The molecule has 0 aromatic heterocycles. The van der Waals surface area contributed by atoms with Crippen molar-refractivity contribution < 1.29 is 14.0 Å². The minimum atomic E-state index is -0.536. The quantitative estimate of drug-likeness (QED) is 0.760. The van der Waals surface area contributed by atoms with Gasteiger partial charge < -0.3 is 15.5 Å². The highest BCUT2D eigenvalue weighted by Crippen LogP contribution is 2.23. The summed E-state index contributed by atoms with van der Waals surface area (Å²) in [5, 5.41) is 5.47. The maximum absolute atomic E-state index is 14.2. The lowest BCUT2D eigenvalue weighted by Crippen LogP contribution is -2.50. The first-order chi connectivity index (χ1) is 15.1. The number of carbonyl (C=O) groups is 2. The normalized spacial score (nSPS) is 19.3. The Morgan fingerprint density at radius 2 is 1.74 bits per heavy atom. The number of rotatable bonds is 5. The molecule has 2 aromatic rings. The fourth-order valence-electron chi connectivity index (χ4n) is 4.42. The molecule has 7 heteroatoms. The summed E-state index contributed by atoms with van der Waals surface area (Å²) in [4.78, 5) is 29.4. The highest BCUT2D eigenvalue weighted by Gasteiger charge is 2.29. The average molecular weight is 425 g/mol. The van der Waals surface area contributed by atoms with Crippen LogP contribution in [0.4, 0.5) is 20.6 Å². The van der Waals surface area contributed by atoms with E-state index >= 15 is 0 Å². The minimum absolute atomic E-state index is 0.0623. The summed E-state index contributed by atoms with van der Waals surface area (Å²) < 4.78 is 14.2. The molecule has 2 aliphatic heterocycles. The first kappa shape index (κ1) is 21.3. The van der Waals surface area contributed by atoms with E-state index in [-0.39, 0.29) is 24.0 Å². The molecular formula is C24H29FN4O2. The van der Waals surface area contributed by atoms with Crippen molar-refractivity contribution in [3.63, 3.8) is 0 Å². The van der Waals surface area contributed by atoms with Crippen molar-refractivity contribution in [2.45, 2.75) is 38.1 Å². The van der Waals surface area contributed by atoms with Crippen LogP contribution in [0.25, 0.3) is 0 Å². The summed E-state index contributed by atoms with van der Waals surface area (Å²) >= 11 is 0. The zero-order valence-corrected chi connectivity index (χ0v) is 17.6. The second-order valence-corrected chi connectivity index (χ2v) is 8.32. The molecule has 2 aromatic carbocycles. The van der Waals surface area contributed by atoms with Gasteiger partial charge in [-0.25, -0.2) is 9.18 Å². The number of likely N-dealkylation sites (tertiary alicyclic amines) is 2. The number of anilines is 2. The van der Waals surface area contributed by atoms with E-state index in [1.165, 1.54) is 31.0 Å². The smallest absolute Gasteiger partial charge is 0.321 e. The first-order valence-corrected chi connectivity index (χ1v) is 11.0. The van der Waals surface area contributed by atoms with Gasteiger partial charge in [0.1, 0.15) is 5.82 Å². The van der Waals surface area contributed by atoms with Gasteiger partial charge >= 0.3 is 6.03 Å². The van der Waals surface area contributed by atoms with Crippen LogP contribution in [0.2, 0.25) is 0 Å². The summed E-state index contributed by atoms with van der Waals surface area (Å²) in [7, 11) is 0. The Bertz CT molecular complexity index is 915. The van der Waals surface area contributed by atoms with Crippen molar-refractivity contribution in [1.82, 2.24) is 9.80 Å². The van der Waals surface area contributed by atoms with Crippen molar-refractivity contribution >= 4 is 23.3 Å². The van der Waals surface area contributed by atoms with E-state index in [1.54, 1.807) is 0 Å². The van der Waals surface area contributed by atoms with Gasteiger partial charge in [0.15, 0.2) is 0 Å². The van der Waals surface area contributed by atoms with Crippen molar-refractivity contribution in [1.29, 1.82) is 0 Å². The number of hydrogen-bond acceptors (Lipinski definition) is 3. The van der Waals surface area contributed by atoms with Crippen LogP contribution in [-0.2, 0) is 11.2 Å². The third-order valence-electron chi connectivity index (χ3n) is 6.04. The molecule has 1 atom stereocenters. The highest BCUT2D eigenvalue weighted by atomic mass is 19.1. The van der Waals surface area contributed by atoms with Gasteiger partial charge in [-0.2, -0.15) is 0 Å². The van der Waals surface area contributed by atoms with Gasteiger partial charge in [0.25, 0.3) is 0 Å². The van der Waals surface area contributed by atoms with E-state index in [1.807, 2.05) is 35.2 Å². The summed E-state index contributed by atoms with van der Waals surface area (Å²) in [5.41, 5.74) is 1.37. The van der Waals surface area contributed by atoms with Crippen LogP contribution in [0.15, 0.2) is 48.5 Å². The van der Waals surface area contributed by atoms with Gasteiger partial charge in [0.05, 0.1) is 12.1 Å². The molecule has 1 unspecified atom stereocenters. The fraction of sp³-hybridized carbons (Fsp3) is 0.417. The monoisotopic (exact) mass is 424 g/mol. The van der Waals surface area contributed by atoms with Gasteiger partial charge in [-0.1, -0.05) is 30.3 Å². The molecule has 2 heterocycles. The third kappa shape index (κ3) is 5.61. The standard InChI is InChI=1S/C24H29FN4O2/c25-21-11-10-19(16-22(21)27-23(30)15-18-7-2-1-3-8-18)26-24(31)29-14-6-9-20(17-29)28-12-4-5-13-28/h1-3,7-8,10-11,16,20H,4-6,9,12-15,17H2,(H,26,31)(H,27,30). The summed E-state index contributed by atoms with van der Waals surface area (Å²) in [5.74, 6) is -0.843. The Hall–Kier alpha value is -2.93. The van der Waals surface area contributed by atoms with Gasteiger partial charge in [0.2, 0.25) is 5.91 Å². The minimum Gasteiger partial charge on any atom is -0.323 e. The van der Waals surface area contributed by atoms with Crippen molar-refractivity contribution in [2.75, 3.05) is 36.8 Å². The van der Waals surface area contributed by atoms with Crippen molar-refractivity contribution in [2.24, 2.45) is 0 Å². The topological polar surface area (TPSA) is 64.7 Å². The molecule has 3 amide bonds. The van der Waals surface area contributed by atoms with Crippen molar-refractivity contribution in [3.05, 3.63) is 59.9 Å². The van der Waals surface area contributed by atoms with E-state index in [9.17, 15) is 14.0 Å². The van der Waals surface area contributed by atoms with Gasteiger partial charge in [-0.3, -0.25) is 9.69 Å². The average Bonchev–Trinajstić information content (AvgIpc) is 3.32. The lowest BCUT2D eigenvalue weighted by Gasteiger charge is -2.37. The number of hydrogen-bond donors (Lipinski definition) is 2. The number of amides is 3. The number of piperidine rings is 1. The largest absolute Gasteiger partial charge is 0.323 e. The number of nitrogens with zero attached hydrogens (tertiary/aromatic N) is 2. The predicted octanol–water partition coefficient (Wildman–Crippen LogP) is 4.10. The van der Waals surface area contributed by atoms with Gasteiger partial charge in [-0.15, -0.1) is 0 Å². The Balaban J connectivity index is 1.36. The van der Waals surface area contributed by atoms with Gasteiger partial charge in [-0.05, 0) is 62.5 Å². The van der Waals surface area contributed by atoms with Crippen LogP contribution in [0.1, 0.15) is 31.2 Å². The Morgan fingerprint density at radius 1 is 0.968 bits per heavy atom. The van der Waals surface area contributed by atoms with E-state index in [0.717, 1.165) is 38.0 Å². The Kier molecular flexibility index (Phi) is 6.82. The first-order valence-electron chi connectivity index (χ1n) is 11.0. The molecule has 2 N–H and O–H groups in total. The molecule has 0 radical (unpaired) electrons. The second-order valence-electron chi connectivity index (χ2n) is 8.32. The molecular weight excluding hydrogens is 395 g/mol. The summed E-state index contributed by atoms with van der Waals surface area (Å²) in [6, 6.07) is 13.8. The molecule has 6 nitrogen and oxygen atoms in total. The highest BCUT2D eigenvalue weighted by molar-refractivity contribution is 5.94. The van der Waals surface area contributed by atoms with Crippen LogP contribution >= 0.6 is 0 Å². The maximum atomic E-state index is 14.2. The molecule has 0 aliphatic carbocycles. The van der Waals surface area contributed by atoms with E-state index in [0.29, 0.717) is 18.3 Å². The summed E-state index contributed by atoms with van der Waals surface area (Å²) in [6.07, 6.45) is 4.73.